The van der Waals surface area contributed by atoms with Gasteiger partial charge in [-0.25, -0.2) is 4.98 Å². The monoisotopic (exact) mass is 337 g/mol. The van der Waals surface area contributed by atoms with Crippen LogP contribution in [0.5, 0.6) is 5.75 Å². The van der Waals surface area contributed by atoms with Crippen LogP contribution in [0.3, 0.4) is 0 Å². The van der Waals surface area contributed by atoms with Gasteiger partial charge >= 0.3 is 0 Å². The zero-order chi connectivity index (χ0) is 17.2. The van der Waals surface area contributed by atoms with Crippen molar-refractivity contribution in [2.24, 2.45) is 4.99 Å². The summed E-state index contributed by atoms with van der Waals surface area (Å²) in [7, 11) is 1.78. The second-order valence-corrected chi connectivity index (χ2v) is 6.41. The van der Waals surface area contributed by atoms with Crippen molar-refractivity contribution in [1.82, 2.24) is 4.98 Å². The number of hydrogen-bond donors (Lipinski definition) is 0. The van der Waals surface area contributed by atoms with Crippen LogP contribution in [0, 0.1) is 0 Å². The van der Waals surface area contributed by atoms with E-state index in [1.807, 2.05) is 25.3 Å². The fourth-order valence-electron chi connectivity index (χ4n) is 3.53. The van der Waals surface area contributed by atoms with Crippen molar-refractivity contribution in [2.45, 2.75) is 26.0 Å². The number of hydrogen-bond acceptors (Lipinski definition) is 5. The van der Waals surface area contributed by atoms with Crippen molar-refractivity contribution < 1.29 is 9.47 Å². The Morgan fingerprint density at radius 2 is 2.16 bits per heavy atom. The lowest BCUT2D eigenvalue weighted by Gasteiger charge is -2.18. The Bertz CT molecular complexity index is 803. The summed E-state index contributed by atoms with van der Waals surface area (Å²) < 4.78 is 11.1. The maximum absolute atomic E-state index is 5.66. The molecule has 0 spiro atoms. The number of ether oxygens (including phenoxy) is 2. The standard InChI is InChI=1S/C20H23N3O2/c1-3-25-16-5-4-15-12-22-20(18(15)11-16)14-6-8-21-19(10-14)23-9-7-17(13-23)24-2/h4-6,8,10-11,17H,3,7,9,12-13H2,1-2H3/t17-/m1/s1. The summed E-state index contributed by atoms with van der Waals surface area (Å²) in [6.45, 7) is 5.27. The Balaban J connectivity index is 1.62. The number of benzene rings is 1. The van der Waals surface area contributed by atoms with Crippen molar-refractivity contribution in [3.8, 4) is 5.75 Å². The molecule has 1 saturated heterocycles. The first-order valence-electron chi connectivity index (χ1n) is 8.83. The van der Waals surface area contributed by atoms with Gasteiger partial charge in [-0.05, 0) is 43.2 Å². The summed E-state index contributed by atoms with van der Waals surface area (Å²) in [5.74, 6) is 1.89. The van der Waals surface area contributed by atoms with Crippen LogP contribution in [0.15, 0.2) is 41.5 Å². The van der Waals surface area contributed by atoms with Crippen LogP contribution in [0.2, 0.25) is 0 Å². The van der Waals surface area contributed by atoms with Gasteiger partial charge in [-0.2, -0.15) is 0 Å². The van der Waals surface area contributed by atoms with Gasteiger partial charge in [0.15, 0.2) is 0 Å². The number of methoxy groups -OCH3 is 1. The molecule has 25 heavy (non-hydrogen) atoms. The molecule has 2 aliphatic heterocycles. The summed E-state index contributed by atoms with van der Waals surface area (Å²) in [6.07, 6.45) is 3.21. The fourth-order valence-corrected chi connectivity index (χ4v) is 3.53. The highest BCUT2D eigenvalue weighted by molar-refractivity contribution is 6.15. The van der Waals surface area contributed by atoms with Gasteiger partial charge in [0.25, 0.3) is 0 Å². The second-order valence-electron chi connectivity index (χ2n) is 6.41. The first-order valence-corrected chi connectivity index (χ1v) is 8.83. The molecular formula is C20H23N3O2. The first kappa shape index (κ1) is 16.1. The minimum Gasteiger partial charge on any atom is -0.494 e. The van der Waals surface area contributed by atoms with E-state index in [2.05, 4.69) is 28.1 Å². The molecule has 1 aromatic heterocycles. The highest BCUT2D eigenvalue weighted by Gasteiger charge is 2.24. The molecule has 0 aliphatic carbocycles. The summed E-state index contributed by atoms with van der Waals surface area (Å²) in [4.78, 5) is 11.6. The minimum atomic E-state index is 0.295. The van der Waals surface area contributed by atoms with Gasteiger partial charge in [-0.1, -0.05) is 6.07 Å². The summed E-state index contributed by atoms with van der Waals surface area (Å²) in [5.41, 5.74) is 4.55. The molecular weight excluding hydrogens is 314 g/mol. The van der Waals surface area contributed by atoms with Gasteiger partial charge < -0.3 is 14.4 Å². The van der Waals surface area contributed by atoms with Crippen LogP contribution in [0.25, 0.3) is 0 Å². The maximum atomic E-state index is 5.66. The lowest BCUT2D eigenvalue weighted by molar-refractivity contribution is 0.121. The normalized spacial score (nSPS) is 19.0. The van der Waals surface area contributed by atoms with Crippen LogP contribution in [0.4, 0.5) is 5.82 Å². The number of aliphatic imine (C=N–C) groups is 1. The Morgan fingerprint density at radius 1 is 1.24 bits per heavy atom. The molecule has 0 saturated carbocycles. The zero-order valence-corrected chi connectivity index (χ0v) is 14.7. The van der Waals surface area contributed by atoms with E-state index in [4.69, 9.17) is 14.5 Å². The molecule has 2 aliphatic rings. The molecule has 0 amide bonds. The molecule has 0 N–H and O–H groups in total. The van der Waals surface area contributed by atoms with E-state index in [0.29, 0.717) is 12.7 Å². The topological polar surface area (TPSA) is 47.0 Å². The Kier molecular flexibility index (Phi) is 4.40. The van der Waals surface area contributed by atoms with E-state index in [-0.39, 0.29) is 0 Å². The van der Waals surface area contributed by atoms with Gasteiger partial charge in [-0.3, -0.25) is 4.99 Å². The molecule has 2 aromatic rings. The molecule has 5 nitrogen and oxygen atoms in total. The van der Waals surface area contributed by atoms with Crippen molar-refractivity contribution in [3.05, 3.63) is 53.2 Å². The molecule has 5 heteroatoms. The lowest BCUT2D eigenvalue weighted by Crippen LogP contribution is -2.23. The molecule has 1 aromatic carbocycles. The minimum absolute atomic E-state index is 0.295. The molecule has 0 unspecified atom stereocenters. The SMILES string of the molecule is CCOc1ccc2c(c1)C(c1ccnc(N3CC[C@@H](OC)C3)c1)=NC2. The third-order valence-corrected chi connectivity index (χ3v) is 4.88. The largest absolute Gasteiger partial charge is 0.494 e. The predicted octanol–water partition coefficient (Wildman–Crippen LogP) is 3.06. The van der Waals surface area contributed by atoms with Gasteiger partial charge in [0, 0.05) is 37.5 Å². The van der Waals surface area contributed by atoms with Gasteiger partial charge in [0.1, 0.15) is 11.6 Å². The Labute approximate surface area is 148 Å². The van der Waals surface area contributed by atoms with Gasteiger partial charge in [0.2, 0.25) is 0 Å². The third kappa shape index (κ3) is 3.12. The molecule has 4 rings (SSSR count). The molecule has 130 valence electrons. The third-order valence-electron chi connectivity index (χ3n) is 4.88. The highest BCUT2D eigenvalue weighted by Crippen LogP contribution is 2.28. The lowest BCUT2D eigenvalue weighted by atomic mass is 10.0. The number of pyridine rings is 1. The van der Waals surface area contributed by atoms with Crippen LogP contribution < -0.4 is 9.64 Å². The summed E-state index contributed by atoms with van der Waals surface area (Å²) >= 11 is 0. The number of nitrogens with zero attached hydrogens (tertiary/aromatic N) is 3. The highest BCUT2D eigenvalue weighted by atomic mass is 16.5. The number of anilines is 1. The van der Waals surface area contributed by atoms with Gasteiger partial charge in [-0.15, -0.1) is 0 Å². The zero-order valence-electron chi connectivity index (χ0n) is 14.7. The summed E-state index contributed by atoms with van der Waals surface area (Å²) in [5, 5.41) is 0. The van der Waals surface area contributed by atoms with Crippen LogP contribution in [-0.4, -0.2) is 43.6 Å². The molecule has 1 fully saturated rings. The second kappa shape index (κ2) is 6.84. The van der Waals surface area contributed by atoms with E-state index in [0.717, 1.165) is 48.9 Å². The number of aromatic nitrogens is 1. The van der Waals surface area contributed by atoms with Crippen molar-refractivity contribution >= 4 is 11.5 Å². The molecule has 1 atom stereocenters. The average Bonchev–Trinajstić information content (AvgIpc) is 3.29. The van der Waals surface area contributed by atoms with Gasteiger partial charge in [0.05, 0.1) is 25.0 Å². The predicted molar refractivity (Wildman–Crippen MR) is 98.8 cm³/mol. The van der Waals surface area contributed by atoms with E-state index in [1.165, 1.54) is 11.1 Å². The Morgan fingerprint density at radius 3 is 2.96 bits per heavy atom. The molecule has 0 bridgehead atoms. The van der Waals surface area contributed by atoms with Crippen LogP contribution in [0.1, 0.15) is 30.0 Å². The molecule has 0 radical (unpaired) electrons. The van der Waals surface area contributed by atoms with Crippen LogP contribution >= 0.6 is 0 Å². The Hall–Kier alpha value is -2.40. The van der Waals surface area contributed by atoms with Crippen molar-refractivity contribution in [3.63, 3.8) is 0 Å². The van der Waals surface area contributed by atoms with Crippen molar-refractivity contribution in [1.29, 1.82) is 0 Å². The van der Waals surface area contributed by atoms with E-state index in [1.54, 1.807) is 7.11 Å². The van der Waals surface area contributed by atoms with E-state index < -0.39 is 0 Å². The quantitative estimate of drug-likeness (QED) is 0.841. The number of fused-ring (bicyclic) bond motifs is 1. The smallest absolute Gasteiger partial charge is 0.129 e. The summed E-state index contributed by atoms with van der Waals surface area (Å²) in [6, 6.07) is 10.4. The first-order chi connectivity index (χ1) is 12.3. The van der Waals surface area contributed by atoms with E-state index >= 15 is 0 Å². The van der Waals surface area contributed by atoms with Crippen LogP contribution in [-0.2, 0) is 11.3 Å². The maximum Gasteiger partial charge on any atom is 0.129 e. The molecule has 3 heterocycles. The van der Waals surface area contributed by atoms with E-state index in [9.17, 15) is 0 Å². The average molecular weight is 337 g/mol. The van der Waals surface area contributed by atoms with Crippen molar-refractivity contribution in [2.75, 3.05) is 31.7 Å². The fraction of sp³-hybridized carbons (Fsp3) is 0.400. The number of rotatable bonds is 5.